The van der Waals surface area contributed by atoms with Gasteiger partial charge in [-0.1, -0.05) is 12.1 Å². The molecule has 1 aliphatic heterocycles. The number of nitrogens with one attached hydrogen (secondary N) is 1. The molecule has 18 heavy (non-hydrogen) atoms. The van der Waals surface area contributed by atoms with Crippen molar-refractivity contribution in [3.05, 3.63) is 10.3 Å². The standard InChI is InChI=1S/C11H20BrN5O/c1-5-6(2)18-7(3)8(5)9(14-13)10-11(12)15-16-17(10)4/h5-9,14H,13H2,1-4H3. The van der Waals surface area contributed by atoms with Crippen molar-refractivity contribution in [2.45, 2.75) is 39.0 Å². The summed E-state index contributed by atoms with van der Waals surface area (Å²) in [5.41, 5.74) is 3.86. The normalized spacial score (nSPS) is 33.9. The van der Waals surface area contributed by atoms with Crippen molar-refractivity contribution in [3.8, 4) is 0 Å². The predicted molar refractivity (Wildman–Crippen MR) is 71.4 cm³/mol. The summed E-state index contributed by atoms with van der Waals surface area (Å²) in [7, 11) is 1.87. The zero-order valence-electron chi connectivity index (χ0n) is 11.1. The molecule has 3 N–H and O–H groups in total. The molecule has 7 heteroatoms. The van der Waals surface area contributed by atoms with Gasteiger partial charge < -0.3 is 4.74 Å². The highest BCUT2D eigenvalue weighted by molar-refractivity contribution is 9.10. The topological polar surface area (TPSA) is 78.0 Å². The van der Waals surface area contributed by atoms with E-state index in [1.165, 1.54) is 0 Å². The second-order valence-corrected chi connectivity index (χ2v) is 5.77. The Balaban J connectivity index is 2.35. The van der Waals surface area contributed by atoms with Gasteiger partial charge in [-0.3, -0.25) is 11.3 Å². The first-order valence-electron chi connectivity index (χ1n) is 6.14. The molecule has 0 aliphatic carbocycles. The first-order chi connectivity index (χ1) is 8.47. The zero-order chi connectivity index (χ0) is 13.4. The Bertz CT molecular complexity index is 404. The van der Waals surface area contributed by atoms with Gasteiger partial charge in [0, 0.05) is 13.0 Å². The maximum atomic E-state index is 5.89. The summed E-state index contributed by atoms with van der Waals surface area (Å²) in [5.74, 6) is 6.47. The van der Waals surface area contributed by atoms with E-state index < -0.39 is 0 Å². The van der Waals surface area contributed by atoms with Gasteiger partial charge in [-0.2, -0.15) is 0 Å². The summed E-state index contributed by atoms with van der Waals surface area (Å²) in [4.78, 5) is 0. The third kappa shape index (κ3) is 2.20. The molecular weight excluding hydrogens is 298 g/mol. The van der Waals surface area contributed by atoms with Crippen LogP contribution in [0.2, 0.25) is 0 Å². The molecule has 2 heterocycles. The predicted octanol–water partition coefficient (Wildman–Crippen LogP) is 1.14. The number of hydrogen-bond donors (Lipinski definition) is 2. The molecule has 0 spiro atoms. The molecule has 1 aromatic rings. The van der Waals surface area contributed by atoms with Gasteiger partial charge in [0.15, 0.2) is 4.60 Å². The summed E-state index contributed by atoms with van der Waals surface area (Å²) in [6.45, 7) is 6.39. The molecule has 0 amide bonds. The van der Waals surface area contributed by atoms with E-state index in [1.54, 1.807) is 4.68 Å². The highest BCUT2D eigenvalue weighted by Gasteiger charge is 2.43. The minimum Gasteiger partial charge on any atom is -0.375 e. The number of nitrogens with two attached hydrogens (primary N) is 1. The fourth-order valence-corrected chi connectivity index (χ4v) is 3.48. The van der Waals surface area contributed by atoms with Crippen molar-refractivity contribution in [1.29, 1.82) is 0 Å². The van der Waals surface area contributed by atoms with E-state index in [4.69, 9.17) is 10.6 Å². The molecule has 1 aromatic heterocycles. The molecule has 102 valence electrons. The Morgan fingerprint density at radius 2 is 2.06 bits per heavy atom. The molecule has 0 bridgehead atoms. The van der Waals surface area contributed by atoms with Crippen LogP contribution in [0.3, 0.4) is 0 Å². The number of halogens is 1. The van der Waals surface area contributed by atoms with E-state index >= 15 is 0 Å². The summed E-state index contributed by atoms with van der Waals surface area (Å²) in [6.07, 6.45) is 0.388. The highest BCUT2D eigenvalue weighted by Crippen LogP contribution is 2.41. The van der Waals surface area contributed by atoms with Gasteiger partial charge >= 0.3 is 0 Å². The molecule has 0 saturated carbocycles. The van der Waals surface area contributed by atoms with Crippen molar-refractivity contribution in [2.24, 2.45) is 24.7 Å². The summed E-state index contributed by atoms with van der Waals surface area (Å²) in [5, 5.41) is 8.03. The summed E-state index contributed by atoms with van der Waals surface area (Å²) >= 11 is 3.43. The third-order valence-electron chi connectivity index (χ3n) is 4.00. The lowest BCUT2D eigenvalue weighted by molar-refractivity contribution is 0.0471. The highest BCUT2D eigenvalue weighted by atomic mass is 79.9. The zero-order valence-corrected chi connectivity index (χ0v) is 12.7. The average Bonchev–Trinajstić information content (AvgIpc) is 2.76. The van der Waals surface area contributed by atoms with Gasteiger partial charge in [0.1, 0.15) is 0 Å². The van der Waals surface area contributed by atoms with Crippen LogP contribution in [0.15, 0.2) is 4.60 Å². The van der Waals surface area contributed by atoms with Crippen LogP contribution >= 0.6 is 15.9 Å². The first-order valence-corrected chi connectivity index (χ1v) is 6.93. The first kappa shape index (κ1) is 13.9. The van der Waals surface area contributed by atoms with Crippen LogP contribution in [-0.2, 0) is 11.8 Å². The van der Waals surface area contributed by atoms with Crippen molar-refractivity contribution < 1.29 is 4.74 Å². The van der Waals surface area contributed by atoms with Crippen LogP contribution < -0.4 is 11.3 Å². The molecule has 5 unspecified atom stereocenters. The van der Waals surface area contributed by atoms with Gasteiger partial charge in [0.05, 0.1) is 23.9 Å². The Kier molecular flexibility index (Phi) is 4.05. The van der Waals surface area contributed by atoms with E-state index in [2.05, 4.69) is 52.4 Å². The molecule has 0 radical (unpaired) electrons. The fraction of sp³-hybridized carbons (Fsp3) is 0.818. The van der Waals surface area contributed by atoms with Crippen LogP contribution in [0.5, 0.6) is 0 Å². The van der Waals surface area contributed by atoms with Crippen molar-refractivity contribution in [2.75, 3.05) is 0 Å². The lowest BCUT2D eigenvalue weighted by atomic mass is 9.82. The van der Waals surface area contributed by atoms with Crippen molar-refractivity contribution in [1.82, 2.24) is 20.4 Å². The van der Waals surface area contributed by atoms with Crippen LogP contribution in [-0.4, -0.2) is 27.2 Å². The average molecular weight is 318 g/mol. The van der Waals surface area contributed by atoms with E-state index in [0.29, 0.717) is 11.8 Å². The van der Waals surface area contributed by atoms with Crippen LogP contribution in [0.25, 0.3) is 0 Å². The van der Waals surface area contributed by atoms with Gasteiger partial charge in [0.25, 0.3) is 0 Å². The summed E-state index contributed by atoms with van der Waals surface area (Å²) in [6, 6.07) is -0.0330. The van der Waals surface area contributed by atoms with Crippen molar-refractivity contribution >= 4 is 15.9 Å². The second kappa shape index (κ2) is 5.24. The second-order valence-electron chi connectivity index (χ2n) is 5.02. The molecule has 2 rings (SSSR count). The van der Waals surface area contributed by atoms with Gasteiger partial charge in [-0.15, -0.1) is 5.10 Å². The Hall–Kier alpha value is -0.500. The van der Waals surface area contributed by atoms with E-state index in [1.807, 2.05) is 7.05 Å². The molecule has 0 aromatic carbocycles. The Morgan fingerprint density at radius 1 is 1.39 bits per heavy atom. The number of aryl methyl sites for hydroxylation is 1. The molecule has 1 aliphatic rings. The third-order valence-corrected chi connectivity index (χ3v) is 4.57. The maximum absolute atomic E-state index is 5.89. The molecule has 1 fully saturated rings. The monoisotopic (exact) mass is 317 g/mol. The van der Waals surface area contributed by atoms with Crippen molar-refractivity contribution in [3.63, 3.8) is 0 Å². The van der Waals surface area contributed by atoms with Crippen LogP contribution in [0.1, 0.15) is 32.5 Å². The number of ether oxygens (including phenoxy) is 1. The minimum absolute atomic E-state index is 0.0330. The largest absolute Gasteiger partial charge is 0.375 e. The van der Waals surface area contributed by atoms with E-state index in [9.17, 15) is 0 Å². The molecule has 1 saturated heterocycles. The summed E-state index contributed by atoms with van der Waals surface area (Å²) < 4.78 is 8.36. The van der Waals surface area contributed by atoms with E-state index in [0.717, 1.165) is 10.3 Å². The minimum atomic E-state index is -0.0330. The SMILES string of the molecule is CC1OC(C)C(C(NN)c2c(Br)nnn2C)C1C. The molecule has 6 nitrogen and oxygen atoms in total. The quantitative estimate of drug-likeness (QED) is 0.645. The number of hydrogen-bond acceptors (Lipinski definition) is 5. The molecule has 5 atom stereocenters. The smallest absolute Gasteiger partial charge is 0.153 e. The van der Waals surface area contributed by atoms with Crippen LogP contribution in [0.4, 0.5) is 0 Å². The lowest BCUT2D eigenvalue weighted by Crippen LogP contribution is -2.39. The van der Waals surface area contributed by atoms with Gasteiger partial charge in [0.2, 0.25) is 0 Å². The van der Waals surface area contributed by atoms with E-state index in [-0.39, 0.29) is 18.2 Å². The number of rotatable bonds is 3. The van der Waals surface area contributed by atoms with Crippen LogP contribution in [0, 0.1) is 11.8 Å². The van der Waals surface area contributed by atoms with Gasteiger partial charge in [-0.25, -0.2) is 4.68 Å². The lowest BCUT2D eigenvalue weighted by Gasteiger charge is -2.28. The maximum Gasteiger partial charge on any atom is 0.153 e. The number of nitrogens with zero attached hydrogens (tertiary/aromatic N) is 3. The number of hydrazine groups is 1. The fourth-order valence-electron chi connectivity index (χ4n) is 2.91. The molecular formula is C11H20BrN5O. The Morgan fingerprint density at radius 3 is 2.44 bits per heavy atom. The Labute approximate surface area is 115 Å². The van der Waals surface area contributed by atoms with Gasteiger partial charge in [-0.05, 0) is 35.7 Å². The number of aromatic nitrogens is 3.